The minimum Gasteiger partial charge on any atom is -0.444 e. The van der Waals surface area contributed by atoms with Crippen LogP contribution in [0.2, 0.25) is 0 Å². The second-order valence-electron chi connectivity index (χ2n) is 7.45. The Balaban J connectivity index is 2.02. The Morgan fingerprint density at radius 2 is 2.09 bits per heavy atom. The average molecular weight is 340 g/mol. The van der Waals surface area contributed by atoms with Gasteiger partial charge in [-0.25, -0.2) is 4.79 Å². The van der Waals surface area contributed by atoms with Gasteiger partial charge < -0.3 is 15.2 Å². The standard InChI is InChI=1S/C18H29NO3S/c1-18(2,3)22-17(21)19-14(12-13-8-5-4-6-9-13)16(20)15-10-7-11-23-15/h7,10-11,13-14,16,20H,4-6,8-9,12H2,1-3H3,(H,19,21)/t14-,16+/m1/s1. The molecule has 0 bridgehead atoms. The highest BCUT2D eigenvalue weighted by molar-refractivity contribution is 7.10. The summed E-state index contributed by atoms with van der Waals surface area (Å²) in [7, 11) is 0. The van der Waals surface area contributed by atoms with E-state index in [1.807, 2.05) is 38.3 Å². The lowest BCUT2D eigenvalue weighted by molar-refractivity contribution is 0.0394. The van der Waals surface area contributed by atoms with Gasteiger partial charge in [0.2, 0.25) is 0 Å². The number of carbonyl (C=O) groups excluding carboxylic acids is 1. The van der Waals surface area contributed by atoms with Crippen molar-refractivity contribution >= 4 is 17.4 Å². The number of aliphatic hydroxyl groups is 1. The maximum Gasteiger partial charge on any atom is 0.407 e. The average Bonchev–Trinajstić information content (AvgIpc) is 2.99. The number of amides is 1. The molecule has 4 nitrogen and oxygen atoms in total. The van der Waals surface area contributed by atoms with E-state index < -0.39 is 17.8 Å². The molecule has 0 radical (unpaired) electrons. The van der Waals surface area contributed by atoms with Crippen LogP contribution in [0.5, 0.6) is 0 Å². The third-order valence-electron chi connectivity index (χ3n) is 4.23. The van der Waals surface area contributed by atoms with Gasteiger partial charge in [-0.2, -0.15) is 0 Å². The quantitative estimate of drug-likeness (QED) is 0.821. The molecule has 23 heavy (non-hydrogen) atoms. The number of ether oxygens (including phenoxy) is 1. The molecule has 1 aliphatic rings. The van der Waals surface area contributed by atoms with E-state index in [9.17, 15) is 9.90 Å². The van der Waals surface area contributed by atoms with Gasteiger partial charge in [0.05, 0.1) is 6.04 Å². The summed E-state index contributed by atoms with van der Waals surface area (Å²) in [6, 6.07) is 3.54. The fraction of sp³-hybridized carbons (Fsp3) is 0.722. The lowest BCUT2D eigenvalue weighted by Gasteiger charge is -2.30. The third-order valence-corrected chi connectivity index (χ3v) is 5.17. The van der Waals surface area contributed by atoms with E-state index in [0.717, 1.165) is 11.3 Å². The molecule has 2 rings (SSSR count). The summed E-state index contributed by atoms with van der Waals surface area (Å²) in [5.74, 6) is 0.568. The van der Waals surface area contributed by atoms with Crippen LogP contribution in [0.15, 0.2) is 17.5 Å². The lowest BCUT2D eigenvalue weighted by Crippen LogP contribution is -2.43. The van der Waals surface area contributed by atoms with Crippen LogP contribution in [0.3, 0.4) is 0 Å². The first kappa shape index (κ1) is 18.3. The molecule has 1 amide bonds. The van der Waals surface area contributed by atoms with Crippen molar-refractivity contribution in [2.45, 2.75) is 77.0 Å². The van der Waals surface area contributed by atoms with Gasteiger partial charge in [0.1, 0.15) is 11.7 Å². The SMILES string of the molecule is CC(C)(C)OC(=O)N[C@H](CC1CCCCC1)[C@H](O)c1cccs1. The highest BCUT2D eigenvalue weighted by Crippen LogP contribution is 2.32. The summed E-state index contributed by atoms with van der Waals surface area (Å²) >= 11 is 1.52. The van der Waals surface area contributed by atoms with Crippen LogP contribution >= 0.6 is 11.3 Å². The third kappa shape index (κ3) is 6.15. The summed E-state index contributed by atoms with van der Waals surface area (Å²) in [5, 5.41) is 15.5. The lowest BCUT2D eigenvalue weighted by atomic mass is 9.83. The molecule has 0 saturated heterocycles. The van der Waals surface area contributed by atoms with Crippen molar-refractivity contribution in [2.24, 2.45) is 5.92 Å². The van der Waals surface area contributed by atoms with Crippen molar-refractivity contribution < 1.29 is 14.6 Å². The minimum atomic E-state index is -0.676. The Kier molecular flexibility index (Phi) is 6.48. The van der Waals surface area contributed by atoms with Crippen LogP contribution in [-0.2, 0) is 4.74 Å². The van der Waals surface area contributed by atoms with Gasteiger partial charge in [0.25, 0.3) is 0 Å². The summed E-state index contributed by atoms with van der Waals surface area (Å²) in [6.45, 7) is 5.54. The van der Waals surface area contributed by atoms with Crippen LogP contribution in [0.4, 0.5) is 4.79 Å². The number of alkyl carbamates (subject to hydrolysis) is 1. The zero-order chi connectivity index (χ0) is 16.9. The van der Waals surface area contributed by atoms with E-state index in [2.05, 4.69) is 5.32 Å². The Hall–Kier alpha value is -1.07. The smallest absolute Gasteiger partial charge is 0.407 e. The molecule has 1 fully saturated rings. The van der Waals surface area contributed by atoms with Gasteiger partial charge in [0, 0.05) is 4.88 Å². The molecule has 1 aromatic heterocycles. The Labute approximate surface area is 143 Å². The topological polar surface area (TPSA) is 58.6 Å². The Morgan fingerprint density at radius 3 is 2.65 bits per heavy atom. The van der Waals surface area contributed by atoms with Crippen LogP contribution in [-0.4, -0.2) is 22.8 Å². The van der Waals surface area contributed by atoms with Crippen LogP contribution in [0.1, 0.15) is 70.3 Å². The highest BCUT2D eigenvalue weighted by atomic mass is 32.1. The second kappa shape index (κ2) is 8.15. The molecule has 130 valence electrons. The van der Waals surface area contributed by atoms with Gasteiger partial charge in [-0.1, -0.05) is 38.2 Å². The minimum absolute atomic E-state index is 0.299. The van der Waals surface area contributed by atoms with Crippen molar-refractivity contribution in [1.82, 2.24) is 5.32 Å². The zero-order valence-corrected chi connectivity index (χ0v) is 15.2. The maximum absolute atomic E-state index is 12.1. The Bertz CT molecular complexity index is 475. The van der Waals surface area contributed by atoms with Crippen molar-refractivity contribution in [3.8, 4) is 0 Å². The van der Waals surface area contributed by atoms with Crippen molar-refractivity contribution in [3.05, 3.63) is 22.4 Å². The zero-order valence-electron chi connectivity index (χ0n) is 14.4. The summed E-state index contributed by atoms with van der Waals surface area (Å²) in [4.78, 5) is 13.0. The van der Waals surface area contributed by atoms with E-state index >= 15 is 0 Å². The second-order valence-corrected chi connectivity index (χ2v) is 8.43. The molecule has 2 atom stereocenters. The molecule has 1 heterocycles. The summed E-state index contributed by atoms with van der Waals surface area (Å²) < 4.78 is 5.37. The van der Waals surface area contributed by atoms with Crippen molar-refractivity contribution in [1.29, 1.82) is 0 Å². The molecule has 1 aliphatic carbocycles. The number of aliphatic hydroxyl groups excluding tert-OH is 1. The predicted molar refractivity (Wildman–Crippen MR) is 93.6 cm³/mol. The molecule has 0 aliphatic heterocycles. The number of rotatable bonds is 5. The number of carbonyl (C=O) groups is 1. The number of hydrogen-bond donors (Lipinski definition) is 2. The molecule has 0 spiro atoms. The van der Waals surface area contributed by atoms with E-state index in [1.165, 1.54) is 43.4 Å². The number of hydrogen-bond acceptors (Lipinski definition) is 4. The predicted octanol–water partition coefficient (Wildman–Crippen LogP) is 4.65. The largest absolute Gasteiger partial charge is 0.444 e. The van der Waals surface area contributed by atoms with Crippen LogP contribution in [0.25, 0.3) is 0 Å². The fourth-order valence-electron chi connectivity index (χ4n) is 3.17. The molecule has 5 heteroatoms. The molecule has 1 aromatic rings. The van der Waals surface area contributed by atoms with Crippen molar-refractivity contribution in [2.75, 3.05) is 0 Å². The molecule has 1 saturated carbocycles. The summed E-state index contributed by atoms with van der Waals surface area (Å²) in [5.41, 5.74) is -0.534. The number of thiophene rings is 1. The van der Waals surface area contributed by atoms with Crippen LogP contribution in [0, 0.1) is 5.92 Å². The van der Waals surface area contributed by atoms with E-state index in [-0.39, 0.29) is 6.04 Å². The first-order valence-corrected chi connectivity index (χ1v) is 9.44. The van der Waals surface area contributed by atoms with E-state index in [4.69, 9.17) is 4.74 Å². The molecular formula is C18H29NO3S. The van der Waals surface area contributed by atoms with Gasteiger partial charge in [-0.15, -0.1) is 11.3 Å². The maximum atomic E-state index is 12.1. The van der Waals surface area contributed by atoms with Gasteiger partial charge in [-0.3, -0.25) is 0 Å². The van der Waals surface area contributed by atoms with Gasteiger partial charge >= 0.3 is 6.09 Å². The Morgan fingerprint density at radius 1 is 1.39 bits per heavy atom. The van der Waals surface area contributed by atoms with E-state index in [0.29, 0.717) is 5.92 Å². The number of nitrogens with one attached hydrogen (secondary N) is 1. The first-order chi connectivity index (χ1) is 10.8. The summed E-state index contributed by atoms with van der Waals surface area (Å²) in [6.07, 6.45) is 5.84. The molecular weight excluding hydrogens is 310 g/mol. The van der Waals surface area contributed by atoms with E-state index in [1.54, 1.807) is 0 Å². The monoisotopic (exact) mass is 339 g/mol. The molecule has 0 aromatic carbocycles. The van der Waals surface area contributed by atoms with Gasteiger partial charge in [-0.05, 0) is 44.6 Å². The van der Waals surface area contributed by atoms with Crippen molar-refractivity contribution in [3.63, 3.8) is 0 Å². The van der Waals surface area contributed by atoms with Gasteiger partial charge in [0.15, 0.2) is 0 Å². The fourth-order valence-corrected chi connectivity index (χ4v) is 3.94. The molecule has 2 N–H and O–H groups in total. The first-order valence-electron chi connectivity index (χ1n) is 8.56. The van der Waals surface area contributed by atoms with Crippen LogP contribution < -0.4 is 5.32 Å². The highest BCUT2D eigenvalue weighted by Gasteiger charge is 2.29. The normalized spacial score (nSPS) is 19.1. The molecule has 0 unspecified atom stereocenters.